The molecule has 1 saturated heterocycles. The standard InChI is InChI=1S/C20H19Cl4NO3/c21-15-2-1-3-16(22)14(15)12-28-18-5-4-13(10-17(18)23)19-11-25(8-9-27-19)7-6-20(24)26/h1-5,10,19H,6-9,11-12H2. The van der Waals surface area contributed by atoms with Crippen LogP contribution < -0.4 is 4.74 Å². The van der Waals surface area contributed by atoms with Gasteiger partial charge in [-0.15, -0.1) is 0 Å². The highest BCUT2D eigenvalue weighted by molar-refractivity contribution is 6.63. The van der Waals surface area contributed by atoms with Crippen molar-refractivity contribution < 1.29 is 14.3 Å². The highest BCUT2D eigenvalue weighted by Gasteiger charge is 2.23. The number of halogens is 4. The number of benzene rings is 2. The summed E-state index contributed by atoms with van der Waals surface area (Å²) < 4.78 is 11.7. The zero-order valence-electron chi connectivity index (χ0n) is 15.0. The van der Waals surface area contributed by atoms with Gasteiger partial charge in [0.05, 0.1) is 17.7 Å². The minimum Gasteiger partial charge on any atom is -0.487 e. The average Bonchev–Trinajstić information content (AvgIpc) is 2.67. The molecule has 0 spiro atoms. The van der Waals surface area contributed by atoms with Crippen molar-refractivity contribution in [3.05, 3.63) is 62.6 Å². The number of rotatable bonds is 7. The van der Waals surface area contributed by atoms with Crippen molar-refractivity contribution >= 4 is 51.6 Å². The monoisotopic (exact) mass is 461 g/mol. The van der Waals surface area contributed by atoms with E-state index in [-0.39, 0.29) is 18.0 Å². The highest BCUT2D eigenvalue weighted by atomic mass is 35.5. The van der Waals surface area contributed by atoms with Gasteiger partial charge in [-0.1, -0.05) is 46.9 Å². The molecule has 1 atom stereocenters. The Balaban J connectivity index is 1.64. The Morgan fingerprint density at radius 1 is 1.14 bits per heavy atom. The summed E-state index contributed by atoms with van der Waals surface area (Å²) in [5.41, 5.74) is 1.67. The molecule has 1 aliphatic rings. The summed E-state index contributed by atoms with van der Waals surface area (Å²) >= 11 is 24.2. The van der Waals surface area contributed by atoms with Crippen LogP contribution in [0.5, 0.6) is 5.75 Å². The van der Waals surface area contributed by atoms with Crippen LogP contribution in [0.25, 0.3) is 0 Å². The predicted octanol–water partition coefficient (Wildman–Crippen LogP) is 5.75. The van der Waals surface area contributed by atoms with Gasteiger partial charge in [0, 0.05) is 41.7 Å². The fourth-order valence-corrected chi connectivity index (χ4v) is 3.84. The van der Waals surface area contributed by atoms with Crippen LogP contribution in [0, 0.1) is 0 Å². The van der Waals surface area contributed by atoms with Gasteiger partial charge < -0.3 is 9.47 Å². The molecule has 0 aromatic heterocycles. The number of morpholine rings is 1. The molecular formula is C20H19Cl4NO3. The molecular weight excluding hydrogens is 444 g/mol. The van der Waals surface area contributed by atoms with Gasteiger partial charge in [0.15, 0.2) is 0 Å². The lowest BCUT2D eigenvalue weighted by Crippen LogP contribution is -2.39. The fourth-order valence-electron chi connectivity index (χ4n) is 3.01. The molecule has 28 heavy (non-hydrogen) atoms. The topological polar surface area (TPSA) is 38.8 Å². The van der Waals surface area contributed by atoms with E-state index in [4.69, 9.17) is 55.9 Å². The molecule has 0 saturated carbocycles. The summed E-state index contributed by atoms with van der Waals surface area (Å²) in [5, 5.41) is 1.25. The number of carbonyl (C=O) groups is 1. The Bertz CT molecular complexity index is 826. The SMILES string of the molecule is O=C(Cl)CCN1CCOC(c2ccc(OCc3c(Cl)cccc3Cl)c(Cl)c2)C1. The molecule has 0 radical (unpaired) electrons. The summed E-state index contributed by atoms with van der Waals surface area (Å²) in [6, 6.07) is 10.9. The maximum absolute atomic E-state index is 11.0. The van der Waals surface area contributed by atoms with Crippen LogP contribution in [0.4, 0.5) is 0 Å². The first-order chi connectivity index (χ1) is 13.4. The Morgan fingerprint density at radius 3 is 2.57 bits per heavy atom. The Labute approximate surface area is 184 Å². The number of hydrogen-bond acceptors (Lipinski definition) is 4. The van der Waals surface area contributed by atoms with Crippen LogP contribution in [0.15, 0.2) is 36.4 Å². The van der Waals surface area contributed by atoms with Gasteiger partial charge in [-0.05, 0) is 41.4 Å². The summed E-state index contributed by atoms with van der Waals surface area (Å²) in [4.78, 5) is 13.1. The van der Waals surface area contributed by atoms with E-state index in [9.17, 15) is 4.79 Å². The first-order valence-electron chi connectivity index (χ1n) is 8.81. The van der Waals surface area contributed by atoms with Crippen molar-refractivity contribution in [1.29, 1.82) is 0 Å². The molecule has 2 aromatic carbocycles. The Morgan fingerprint density at radius 2 is 1.89 bits per heavy atom. The molecule has 3 rings (SSSR count). The third-order valence-corrected chi connectivity index (χ3v) is 5.73. The smallest absolute Gasteiger partial charge is 0.222 e. The first kappa shape index (κ1) is 21.7. The van der Waals surface area contributed by atoms with Crippen LogP contribution in [-0.2, 0) is 16.1 Å². The van der Waals surface area contributed by atoms with Gasteiger partial charge in [-0.2, -0.15) is 0 Å². The first-order valence-corrected chi connectivity index (χ1v) is 10.3. The van der Waals surface area contributed by atoms with E-state index in [1.807, 2.05) is 18.2 Å². The lowest BCUT2D eigenvalue weighted by molar-refractivity contribution is -0.112. The number of nitrogens with zero attached hydrogens (tertiary/aromatic N) is 1. The lowest BCUT2D eigenvalue weighted by Gasteiger charge is -2.33. The normalized spacial score (nSPS) is 17.5. The Kier molecular flexibility index (Phi) is 7.86. The summed E-state index contributed by atoms with van der Waals surface area (Å²) in [5.74, 6) is 0.543. The minimum atomic E-state index is -0.328. The highest BCUT2D eigenvalue weighted by Crippen LogP contribution is 2.32. The zero-order valence-corrected chi connectivity index (χ0v) is 18.0. The van der Waals surface area contributed by atoms with Crippen molar-refractivity contribution in [1.82, 2.24) is 4.90 Å². The van der Waals surface area contributed by atoms with Gasteiger partial charge in [0.25, 0.3) is 0 Å². The lowest BCUT2D eigenvalue weighted by atomic mass is 10.1. The molecule has 0 N–H and O–H groups in total. The molecule has 4 nitrogen and oxygen atoms in total. The molecule has 0 amide bonds. The van der Waals surface area contributed by atoms with Crippen molar-refractivity contribution in [2.75, 3.05) is 26.2 Å². The number of ether oxygens (including phenoxy) is 2. The van der Waals surface area contributed by atoms with E-state index >= 15 is 0 Å². The van der Waals surface area contributed by atoms with Crippen LogP contribution in [0.1, 0.15) is 23.7 Å². The average molecular weight is 463 g/mol. The summed E-state index contributed by atoms with van der Waals surface area (Å²) in [6.07, 6.45) is 0.204. The van der Waals surface area contributed by atoms with E-state index in [0.29, 0.717) is 52.5 Å². The second-order valence-electron chi connectivity index (χ2n) is 6.44. The van der Waals surface area contributed by atoms with Crippen LogP contribution in [0.3, 0.4) is 0 Å². The fraction of sp³-hybridized carbons (Fsp3) is 0.350. The Hall–Kier alpha value is -1.01. The largest absolute Gasteiger partial charge is 0.487 e. The molecule has 150 valence electrons. The maximum atomic E-state index is 11.0. The molecule has 2 aromatic rings. The summed E-state index contributed by atoms with van der Waals surface area (Å²) in [7, 11) is 0. The maximum Gasteiger partial charge on any atom is 0.222 e. The molecule has 1 heterocycles. The van der Waals surface area contributed by atoms with Gasteiger partial charge in [0.2, 0.25) is 5.24 Å². The third kappa shape index (κ3) is 5.76. The molecule has 1 aliphatic heterocycles. The zero-order chi connectivity index (χ0) is 20.1. The third-order valence-electron chi connectivity index (χ3n) is 4.54. The second kappa shape index (κ2) is 10.1. The molecule has 1 unspecified atom stereocenters. The van der Waals surface area contributed by atoms with E-state index < -0.39 is 0 Å². The van der Waals surface area contributed by atoms with E-state index in [1.54, 1.807) is 18.2 Å². The quantitative estimate of drug-likeness (QED) is 0.490. The van der Waals surface area contributed by atoms with E-state index in [0.717, 1.165) is 12.1 Å². The minimum absolute atomic E-state index is 0.122. The van der Waals surface area contributed by atoms with Gasteiger partial charge in [0.1, 0.15) is 12.4 Å². The van der Waals surface area contributed by atoms with E-state index in [2.05, 4.69) is 4.90 Å². The van der Waals surface area contributed by atoms with Crippen molar-refractivity contribution in [2.45, 2.75) is 19.1 Å². The van der Waals surface area contributed by atoms with Gasteiger partial charge in [-0.3, -0.25) is 9.69 Å². The van der Waals surface area contributed by atoms with E-state index in [1.165, 1.54) is 0 Å². The van der Waals surface area contributed by atoms with Gasteiger partial charge >= 0.3 is 0 Å². The van der Waals surface area contributed by atoms with Crippen molar-refractivity contribution in [3.8, 4) is 5.75 Å². The van der Waals surface area contributed by atoms with Crippen LogP contribution >= 0.6 is 46.4 Å². The second-order valence-corrected chi connectivity index (χ2v) is 8.09. The predicted molar refractivity (Wildman–Crippen MR) is 113 cm³/mol. The molecule has 8 heteroatoms. The van der Waals surface area contributed by atoms with Crippen LogP contribution in [0.2, 0.25) is 15.1 Å². The molecule has 1 fully saturated rings. The van der Waals surface area contributed by atoms with Crippen molar-refractivity contribution in [3.63, 3.8) is 0 Å². The van der Waals surface area contributed by atoms with Gasteiger partial charge in [-0.25, -0.2) is 0 Å². The van der Waals surface area contributed by atoms with Crippen LogP contribution in [-0.4, -0.2) is 36.4 Å². The molecule has 0 bridgehead atoms. The van der Waals surface area contributed by atoms with Crippen molar-refractivity contribution in [2.24, 2.45) is 0 Å². The summed E-state index contributed by atoms with van der Waals surface area (Å²) in [6.45, 7) is 2.87. The number of hydrogen-bond donors (Lipinski definition) is 0. The molecule has 0 aliphatic carbocycles. The number of carbonyl (C=O) groups excluding carboxylic acids is 1.